The third-order valence-corrected chi connectivity index (χ3v) is 3.77. The van der Waals surface area contributed by atoms with Gasteiger partial charge in [0, 0.05) is 19.2 Å². The molecular weight excluding hydrogens is 330 g/mol. The largest absolute Gasteiger partial charge is 0.358 e. The Hall–Kier alpha value is -2.48. The fourth-order valence-electron chi connectivity index (χ4n) is 2.31. The Morgan fingerprint density at radius 2 is 2.00 bits per heavy atom. The second kappa shape index (κ2) is 5.96. The first-order valence-electron chi connectivity index (χ1n) is 6.72. The number of piperazine rings is 1. The van der Waals surface area contributed by atoms with Crippen molar-refractivity contribution in [1.29, 1.82) is 0 Å². The van der Waals surface area contributed by atoms with E-state index >= 15 is 0 Å². The highest BCUT2D eigenvalue weighted by Crippen LogP contribution is 2.22. The predicted molar refractivity (Wildman–Crippen MR) is 80.0 cm³/mol. The maximum Gasteiger partial charge on any atom is 0.292 e. The van der Waals surface area contributed by atoms with E-state index in [-0.39, 0.29) is 23.2 Å². The van der Waals surface area contributed by atoms with Crippen LogP contribution in [0.3, 0.4) is 0 Å². The van der Waals surface area contributed by atoms with E-state index in [0.717, 1.165) is 16.8 Å². The van der Waals surface area contributed by atoms with Crippen LogP contribution in [0.1, 0.15) is 0 Å². The van der Waals surface area contributed by atoms with Gasteiger partial charge in [0.05, 0.1) is 18.4 Å². The molecule has 120 valence electrons. The number of aromatic nitrogens is 2. The lowest BCUT2D eigenvalue weighted by atomic mass is 10.3. The maximum absolute atomic E-state index is 13.8. The summed E-state index contributed by atoms with van der Waals surface area (Å²) in [6, 6.07) is 2.77. The molecule has 23 heavy (non-hydrogen) atoms. The molecule has 1 aromatic carbocycles. The average molecular weight is 341 g/mol. The van der Waals surface area contributed by atoms with E-state index in [1.54, 1.807) is 4.90 Å². The molecule has 1 fully saturated rings. The van der Waals surface area contributed by atoms with Gasteiger partial charge in [0.1, 0.15) is 16.5 Å². The van der Waals surface area contributed by atoms with Gasteiger partial charge in [-0.05, 0) is 12.1 Å². The molecule has 1 aliphatic heterocycles. The number of anilines is 1. The summed E-state index contributed by atoms with van der Waals surface area (Å²) in [7, 11) is 0. The van der Waals surface area contributed by atoms with E-state index in [0.29, 0.717) is 24.8 Å². The van der Waals surface area contributed by atoms with E-state index in [4.69, 9.17) is 11.6 Å². The number of rotatable bonds is 2. The zero-order valence-corrected chi connectivity index (χ0v) is 12.5. The molecule has 2 heterocycles. The summed E-state index contributed by atoms with van der Waals surface area (Å²) in [5.41, 5.74) is -0.660. The van der Waals surface area contributed by atoms with Gasteiger partial charge in [-0.1, -0.05) is 11.6 Å². The minimum atomic E-state index is -0.930. The van der Waals surface area contributed by atoms with Gasteiger partial charge in [-0.25, -0.2) is 8.78 Å². The number of hydrogen-bond donors (Lipinski definition) is 1. The molecule has 6 nitrogen and oxygen atoms in total. The summed E-state index contributed by atoms with van der Waals surface area (Å²) >= 11 is 6.07. The first-order chi connectivity index (χ1) is 11.0. The number of nitrogens with zero attached hydrogens (tertiary/aromatic N) is 3. The van der Waals surface area contributed by atoms with Crippen molar-refractivity contribution < 1.29 is 13.6 Å². The summed E-state index contributed by atoms with van der Waals surface area (Å²) in [6.45, 7) is 0.947. The normalized spacial score (nSPS) is 14.7. The smallest absolute Gasteiger partial charge is 0.292 e. The van der Waals surface area contributed by atoms with Gasteiger partial charge >= 0.3 is 0 Å². The van der Waals surface area contributed by atoms with E-state index in [2.05, 4.69) is 10.4 Å². The Kier molecular flexibility index (Phi) is 3.99. The fraction of sp³-hybridized carbons (Fsp3) is 0.214. The molecule has 0 radical (unpaired) electrons. The Labute approximate surface area is 134 Å². The molecule has 1 aliphatic rings. The van der Waals surface area contributed by atoms with Crippen LogP contribution in [0.15, 0.2) is 29.2 Å². The van der Waals surface area contributed by atoms with E-state index in [1.165, 1.54) is 6.20 Å². The molecule has 2 aromatic rings. The van der Waals surface area contributed by atoms with Crippen molar-refractivity contribution in [2.24, 2.45) is 0 Å². The van der Waals surface area contributed by atoms with Gasteiger partial charge in [-0.2, -0.15) is 9.78 Å². The molecule has 0 spiro atoms. The summed E-state index contributed by atoms with van der Waals surface area (Å²) in [5.74, 6) is -1.89. The second-order valence-electron chi connectivity index (χ2n) is 4.93. The van der Waals surface area contributed by atoms with Crippen LogP contribution in [0.4, 0.5) is 14.5 Å². The van der Waals surface area contributed by atoms with E-state index in [1.807, 2.05) is 0 Å². The fourth-order valence-corrected chi connectivity index (χ4v) is 2.56. The molecule has 9 heteroatoms. The molecule has 1 aromatic heterocycles. The van der Waals surface area contributed by atoms with Gasteiger partial charge in [0.15, 0.2) is 5.82 Å². The van der Waals surface area contributed by atoms with Crippen LogP contribution in [-0.2, 0) is 4.79 Å². The zero-order valence-electron chi connectivity index (χ0n) is 11.7. The van der Waals surface area contributed by atoms with Crippen molar-refractivity contribution in [3.05, 3.63) is 51.4 Å². The summed E-state index contributed by atoms with van der Waals surface area (Å²) in [4.78, 5) is 25.4. The molecular formula is C14H11ClF2N4O2. The highest BCUT2D eigenvalue weighted by Gasteiger charge is 2.22. The van der Waals surface area contributed by atoms with Gasteiger partial charge < -0.3 is 10.2 Å². The summed E-state index contributed by atoms with van der Waals surface area (Å²) < 4.78 is 27.5. The van der Waals surface area contributed by atoms with Crippen LogP contribution >= 0.6 is 11.6 Å². The Morgan fingerprint density at radius 1 is 1.22 bits per heavy atom. The third kappa shape index (κ3) is 2.89. The van der Waals surface area contributed by atoms with Crippen molar-refractivity contribution in [2.45, 2.75) is 0 Å². The Balaban J connectivity index is 2.04. The van der Waals surface area contributed by atoms with Gasteiger partial charge in [-0.15, -0.1) is 0 Å². The zero-order chi connectivity index (χ0) is 16.6. The number of halogens is 3. The first-order valence-corrected chi connectivity index (χ1v) is 7.10. The molecule has 1 saturated heterocycles. The van der Waals surface area contributed by atoms with Crippen molar-refractivity contribution in [2.75, 3.05) is 24.5 Å². The number of carbonyl (C=O) groups is 1. The predicted octanol–water partition coefficient (Wildman–Crippen LogP) is 1.10. The van der Waals surface area contributed by atoms with Crippen LogP contribution in [0.2, 0.25) is 5.02 Å². The first kappa shape index (κ1) is 15.4. The lowest BCUT2D eigenvalue weighted by molar-refractivity contribution is -0.120. The number of nitrogens with one attached hydrogen (secondary N) is 1. The molecule has 1 amide bonds. The van der Waals surface area contributed by atoms with Crippen LogP contribution in [0.25, 0.3) is 5.69 Å². The van der Waals surface area contributed by atoms with Crippen molar-refractivity contribution >= 4 is 23.2 Å². The lowest BCUT2D eigenvalue weighted by Gasteiger charge is -2.28. The highest BCUT2D eigenvalue weighted by molar-refractivity contribution is 6.33. The molecule has 3 rings (SSSR count). The average Bonchev–Trinajstić information content (AvgIpc) is 2.51. The van der Waals surface area contributed by atoms with Crippen molar-refractivity contribution in [3.63, 3.8) is 0 Å². The topological polar surface area (TPSA) is 67.2 Å². The standard InChI is InChI=1S/C14H11ClF2N4O2/c15-13-11(20-4-3-18-12(22)7-20)6-19-21(14(13)23)10-2-1-8(16)5-9(10)17/h1-2,5-6H,3-4,7H2,(H,18,22). The SMILES string of the molecule is O=C1CN(c2cnn(-c3ccc(F)cc3F)c(=O)c2Cl)CCN1. The molecule has 0 unspecified atom stereocenters. The molecule has 0 aliphatic carbocycles. The Bertz CT molecular complexity index is 840. The number of hydrogen-bond acceptors (Lipinski definition) is 4. The van der Waals surface area contributed by atoms with Gasteiger partial charge in [0.2, 0.25) is 5.91 Å². The molecule has 1 N–H and O–H groups in total. The number of carbonyl (C=O) groups excluding carboxylic acids is 1. The van der Waals surface area contributed by atoms with E-state index < -0.39 is 17.2 Å². The minimum absolute atomic E-state index is 0.0514. The van der Waals surface area contributed by atoms with Crippen molar-refractivity contribution in [3.8, 4) is 5.69 Å². The van der Waals surface area contributed by atoms with Crippen LogP contribution in [0.5, 0.6) is 0 Å². The summed E-state index contributed by atoms with van der Waals surface area (Å²) in [6.07, 6.45) is 1.28. The van der Waals surface area contributed by atoms with Crippen LogP contribution in [0, 0.1) is 11.6 Å². The molecule has 0 saturated carbocycles. The van der Waals surface area contributed by atoms with E-state index in [9.17, 15) is 18.4 Å². The van der Waals surface area contributed by atoms with Gasteiger partial charge in [-0.3, -0.25) is 9.59 Å². The molecule has 0 atom stereocenters. The summed E-state index contributed by atoms with van der Waals surface area (Å²) in [5, 5.41) is 6.36. The number of benzene rings is 1. The van der Waals surface area contributed by atoms with Crippen LogP contribution < -0.4 is 15.8 Å². The Morgan fingerprint density at radius 3 is 2.70 bits per heavy atom. The number of amides is 1. The lowest BCUT2D eigenvalue weighted by Crippen LogP contribution is -2.48. The van der Waals surface area contributed by atoms with Gasteiger partial charge in [0.25, 0.3) is 5.56 Å². The second-order valence-corrected chi connectivity index (χ2v) is 5.31. The monoisotopic (exact) mass is 340 g/mol. The minimum Gasteiger partial charge on any atom is -0.358 e. The van der Waals surface area contributed by atoms with Crippen LogP contribution in [-0.4, -0.2) is 35.3 Å². The molecule has 0 bridgehead atoms. The highest BCUT2D eigenvalue weighted by atomic mass is 35.5. The maximum atomic E-state index is 13.8. The quantitative estimate of drug-likeness (QED) is 0.889. The third-order valence-electron chi connectivity index (χ3n) is 3.42. The van der Waals surface area contributed by atoms with Crippen molar-refractivity contribution in [1.82, 2.24) is 15.1 Å².